The van der Waals surface area contributed by atoms with Gasteiger partial charge in [-0.15, -0.1) is 0 Å². The summed E-state index contributed by atoms with van der Waals surface area (Å²) in [4.78, 5) is 33.1. The lowest BCUT2D eigenvalue weighted by atomic mass is 10.1. The van der Waals surface area contributed by atoms with Crippen molar-refractivity contribution in [1.29, 1.82) is 0 Å². The van der Waals surface area contributed by atoms with Gasteiger partial charge in [0.2, 0.25) is 0 Å². The van der Waals surface area contributed by atoms with Crippen LogP contribution in [0.1, 0.15) is 21.5 Å². The molecule has 0 aliphatic carbocycles. The van der Waals surface area contributed by atoms with Crippen molar-refractivity contribution in [2.24, 2.45) is 0 Å². The Morgan fingerprint density at radius 1 is 1.08 bits per heavy atom. The van der Waals surface area contributed by atoms with E-state index in [2.05, 4.69) is 5.32 Å². The predicted octanol–water partition coefficient (Wildman–Crippen LogP) is 4.03. The summed E-state index contributed by atoms with van der Waals surface area (Å²) in [5.41, 5.74) is 0.599. The summed E-state index contributed by atoms with van der Waals surface area (Å²) in [5, 5.41) is 24.4. The minimum atomic E-state index is -0.763. The number of nitrogens with zero attached hydrogens (tertiary/aromatic N) is 2. The van der Waals surface area contributed by atoms with Crippen LogP contribution in [-0.4, -0.2) is 15.8 Å². The molecule has 0 saturated carbocycles. The van der Waals surface area contributed by atoms with Crippen LogP contribution in [0, 0.1) is 34.1 Å². The van der Waals surface area contributed by atoms with E-state index in [0.29, 0.717) is 5.56 Å². The van der Waals surface area contributed by atoms with Crippen LogP contribution in [0.3, 0.4) is 0 Å². The molecule has 0 aromatic heterocycles. The molecule has 8 nitrogen and oxygen atoms in total. The monoisotopic (exact) mass is 349 g/mol. The molecule has 0 radical (unpaired) electrons. The molecule has 1 N–H and O–H groups in total. The summed E-state index contributed by atoms with van der Waals surface area (Å²) in [6, 6.07) is 6.27. The van der Waals surface area contributed by atoms with Gasteiger partial charge in [0, 0.05) is 18.2 Å². The molecule has 0 atom stereocenters. The fourth-order valence-electron chi connectivity index (χ4n) is 2.09. The molecule has 0 unspecified atom stereocenters. The molecule has 124 valence electrons. The molecular weight excluding hydrogens is 338 g/mol. The Kier molecular flexibility index (Phi) is 4.79. The van der Waals surface area contributed by atoms with E-state index in [1.165, 1.54) is 18.2 Å². The van der Waals surface area contributed by atoms with E-state index in [1.54, 1.807) is 19.9 Å². The number of carbonyl (C=O) groups excluding carboxylic acids is 1. The minimum Gasteiger partial charge on any atom is -0.316 e. The first-order valence-corrected chi connectivity index (χ1v) is 7.10. The van der Waals surface area contributed by atoms with Crippen LogP contribution in [0.25, 0.3) is 0 Å². The average molecular weight is 350 g/mol. The van der Waals surface area contributed by atoms with Crippen molar-refractivity contribution in [2.75, 3.05) is 5.32 Å². The molecule has 9 heteroatoms. The van der Waals surface area contributed by atoms with Gasteiger partial charge >= 0.3 is 0 Å². The van der Waals surface area contributed by atoms with Crippen molar-refractivity contribution in [3.63, 3.8) is 0 Å². The third kappa shape index (κ3) is 3.33. The number of nitrogens with one attached hydrogen (secondary N) is 1. The molecule has 2 rings (SSSR count). The van der Waals surface area contributed by atoms with E-state index in [1.807, 2.05) is 0 Å². The van der Waals surface area contributed by atoms with Gasteiger partial charge < -0.3 is 5.32 Å². The summed E-state index contributed by atoms with van der Waals surface area (Å²) < 4.78 is 0. The second-order valence-corrected chi connectivity index (χ2v) is 5.44. The van der Waals surface area contributed by atoms with Gasteiger partial charge in [0.25, 0.3) is 17.3 Å². The normalized spacial score (nSPS) is 10.3. The first kappa shape index (κ1) is 17.4. The minimum absolute atomic E-state index is 0.00561. The molecule has 24 heavy (non-hydrogen) atoms. The second kappa shape index (κ2) is 6.63. The van der Waals surface area contributed by atoms with E-state index in [0.717, 1.165) is 11.6 Å². The van der Waals surface area contributed by atoms with E-state index in [4.69, 9.17) is 11.6 Å². The summed E-state index contributed by atoms with van der Waals surface area (Å²) in [6.45, 7) is 3.38. The third-order valence-electron chi connectivity index (χ3n) is 3.55. The first-order valence-electron chi connectivity index (χ1n) is 6.72. The zero-order chi connectivity index (χ0) is 18.0. The number of amides is 1. The van der Waals surface area contributed by atoms with Crippen molar-refractivity contribution in [3.8, 4) is 0 Å². The van der Waals surface area contributed by atoms with Gasteiger partial charge in [-0.2, -0.15) is 0 Å². The Hall–Kier alpha value is -3.00. The van der Waals surface area contributed by atoms with Gasteiger partial charge in [0.1, 0.15) is 5.69 Å². The van der Waals surface area contributed by atoms with Crippen LogP contribution >= 0.6 is 11.6 Å². The Bertz CT molecular complexity index is 866. The number of hydrogen-bond acceptors (Lipinski definition) is 5. The van der Waals surface area contributed by atoms with Crippen molar-refractivity contribution >= 4 is 34.6 Å². The van der Waals surface area contributed by atoms with Crippen LogP contribution < -0.4 is 5.32 Å². The molecule has 0 saturated heterocycles. The lowest BCUT2D eigenvalue weighted by Crippen LogP contribution is -2.15. The lowest BCUT2D eigenvalue weighted by Gasteiger charge is -2.11. The number of nitro groups is 2. The molecule has 0 fully saturated rings. The number of hydrogen-bond donors (Lipinski definition) is 1. The predicted molar refractivity (Wildman–Crippen MR) is 88.6 cm³/mol. The number of nitro benzene ring substituents is 2. The molecule has 2 aromatic rings. The van der Waals surface area contributed by atoms with Gasteiger partial charge in [0.05, 0.1) is 20.4 Å². The number of aryl methyl sites for hydroxylation is 1. The highest BCUT2D eigenvalue weighted by Gasteiger charge is 2.22. The van der Waals surface area contributed by atoms with Crippen LogP contribution in [0.5, 0.6) is 0 Å². The van der Waals surface area contributed by atoms with E-state index >= 15 is 0 Å². The molecule has 0 aliphatic rings. The Morgan fingerprint density at radius 3 is 2.33 bits per heavy atom. The number of rotatable bonds is 4. The van der Waals surface area contributed by atoms with Crippen molar-refractivity contribution in [2.45, 2.75) is 13.8 Å². The summed E-state index contributed by atoms with van der Waals surface area (Å²) in [5.74, 6) is -0.763. The maximum Gasteiger partial charge on any atom is 0.293 e. The molecule has 0 aliphatic heterocycles. The summed E-state index contributed by atoms with van der Waals surface area (Å²) >= 11 is 5.92. The van der Waals surface area contributed by atoms with Gasteiger partial charge in [-0.1, -0.05) is 17.7 Å². The fourth-order valence-corrected chi connectivity index (χ4v) is 2.30. The zero-order valence-corrected chi connectivity index (χ0v) is 13.5. The number of anilines is 1. The highest BCUT2D eigenvalue weighted by Crippen LogP contribution is 2.31. The van der Waals surface area contributed by atoms with Gasteiger partial charge in [0.15, 0.2) is 0 Å². The van der Waals surface area contributed by atoms with E-state index < -0.39 is 15.8 Å². The van der Waals surface area contributed by atoms with Crippen LogP contribution in [0.2, 0.25) is 5.02 Å². The van der Waals surface area contributed by atoms with E-state index in [-0.39, 0.29) is 27.6 Å². The average Bonchev–Trinajstić information content (AvgIpc) is 2.51. The SMILES string of the molecule is Cc1ccc([N+](=O)[O-])c(NC(=O)c2cc([N+](=O)[O-])ccc2Cl)c1C. The molecule has 0 spiro atoms. The number of non-ortho nitro benzene ring substituents is 1. The van der Waals surface area contributed by atoms with Crippen molar-refractivity contribution < 1.29 is 14.6 Å². The maximum atomic E-state index is 12.4. The zero-order valence-electron chi connectivity index (χ0n) is 12.7. The smallest absolute Gasteiger partial charge is 0.293 e. The fraction of sp³-hybridized carbons (Fsp3) is 0.133. The van der Waals surface area contributed by atoms with Crippen molar-refractivity contribution in [3.05, 3.63) is 72.3 Å². The maximum absolute atomic E-state index is 12.4. The number of carbonyl (C=O) groups is 1. The molecule has 1 amide bonds. The van der Waals surface area contributed by atoms with Crippen LogP contribution in [-0.2, 0) is 0 Å². The number of benzene rings is 2. The standard InChI is InChI=1S/C15H12ClN3O5/c1-8-3-6-13(19(23)24)14(9(8)2)17-15(20)11-7-10(18(21)22)4-5-12(11)16/h3-7H,1-2H3,(H,17,20). The first-order chi connectivity index (χ1) is 11.2. The Balaban J connectivity index is 2.48. The van der Waals surface area contributed by atoms with Gasteiger partial charge in [-0.3, -0.25) is 25.0 Å². The molecule has 2 aromatic carbocycles. The highest BCUT2D eigenvalue weighted by molar-refractivity contribution is 6.34. The lowest BCUT2D eigenvalue weighted by molar-refractivity contribution is -0.384. The second-order valence-electron chi connectivity index (χ2n) is 5.03. The molecule has 0 bridgehead atoms. The van der Waals surface area contributed by atoms with Crippen LogP contribution in [0.15, 0.2) is 30.3 Å². The molecular formula is C15H12ClN3O5. The van der Waals surface area contributed by atoms with E-state index in [9.17, 15) is 25.0 Å². The highest BCUT2D eigenvalue weighted by atomic mass is 35.5. The third-order valence-corrected chi connectivity index (χ3v) is 3.88. The summed E-state index contributed by atoms with van der Waals surface area (Å²) in [7, 11) is 0. The van der Waals surface area contributed by atoms with Gasteiger partial charge in [-0.25, -0.2) is 0 Å². The van der Waals surface area contributed by atoms with Crippen LogP contribution in [0.4, 0.5) is 17.1 Å². The summed E-state index contributed by atoms with van der Waals surface area (Å²) in [6.07, 6.45) is 0. The Morgan fingerprint density at radius 2 is 1.75 bits per heavy atom. The quantitative estimate of drug-likeness (QED) is 0.660. The van der Waals surface area contributed by atoms with Gasteiger partial charge in [-0.05, 0) is 31.0 Å². The Labute approximate surface area is 141 Å². The topological polar surface area (TPSA) is 115 Å². The van der Waals surface area contributed by atoms with Crippen molar-refractivity contribution in [1.82, 2.24) is 0 Å². The molecule has 0 heterocycles. The largest absolute Gasteiger partial charge is 0.316 e. The number of halogens is 1.